The third kappa shape index (κ3) is 1.49. The highest BCUT2D eigenvalue weighted by atomic mass is 32.2. The molecular weight excluding hydrogens is 164 g/mol. The van der Waals surface area contributed by atoms with E-state index in [0.717, 1.165) is 0 Å². The average molecular weight is 174 g/mol. The predicted molar refractivity (Wildman–Crippen MR) is 41.5 cm³/mol. The van der Waals surface area contributed by atoms with E-state index in [1.165, 1.54) is 6.20 Å². The fraction of sp³-hybridized carbons (Fsp3) is 0.500. The largest absolute Gasteiger partial charge is 0.390 e. The Bertz CT molecular complexity index is 282. The summed E-state index contributed by atoms with van der Waals surface area (Å²) in [6.07, 6.45) is 3.08. The number of nitrogens with zero attached hydrogens (tertiary/aromatic N) is 2. The molecule has 0 amide bonds. The van der Waals surface area contributed by atoms with Crippen LogP contribution < -0.4 is 0 Å². The molecule has 0 aliphatic rings. The van der Waals surface area contributed by atoms with Crippen LogP contribution in [0.2, 0.25) is 0 Å². The van der Waals surface area contributed by atoms with Crippen LogP contribution in [0, 0.1) is 0 Å². The van der Waals surface area contributed by atoms with Gasteiger partial charge in [-0.05, 0) is 0 Å². The zero-order chi connectivity index (χ0) is 8.43. The number of hydrogen-bond acceptors (Lipinski definition) is 3. The Morgan fingerprint density at radius 1 is 1.82 bits per heavy atom. The molecule has 0 saturated carbocycles. The molecule has 0 spiro atoms. The molecular formula is C6H10N2O2S. The van der Waals surface area contributed by atoms with Crippen molar-refractivity contribution in [3.8, 4) is 0 Å². The summed E-state index contributed by atoms with van der Waals surface area (Å²) in [5.41, 5.74) is 0.676. The van der Waals surface area contributed by atoms with Gasteiger partial charge in [0.1, 0.15) is 0 Å². The summed E-state index contributed by atoms with van der Waals surface area (Å²) in [6, 6.07) is 0. The lowest BCUT2D eigenvalue weighted by Gasteiger charge is -1.99. The molecule has 0 radical (unpaired) electrons. The fourth-order valence-corrected chi connectivity index (χ4v) is 1.54. The van der Waals surface area contributed by atoms with E-state index in [2.05, 4.69) is 4.98 Å². The number of hydrogen-bond donors (Lipinski definition) is 1. The maximum absolute atomic E-state index is 10.9. The second-order valence-electron chi connectivity index (χ2n) is 2.20. The lowest BCUT2D eigenvalue weighted by atomic mass is 10.5. The van der Waals surface area contributed by atoms with Gasteiger partial charge in [-0.1, -0.05) is 0 Å². The minimum absolute atomic E-state index is 0.0688. The summed E-state index contributed by atoms with van der Waals surface area (Å²) in [6.45, 7) is -0.0688. The van der Waals surface area contributed by atoms with Gasteiger partial charge in [0, 0.05) is 13.3 Å². The number of aromatic nitrogens is 2. The number of rotatable bonds is 2. The highest BCUT2D eigenvalue weighted by Gasteiger charge is 2.07. The normalized spacial score (nSPS) is 13.4. The first-order chi connectivity index (χ1) is 5.16. The van der Waals surface area contributed by atoms with Gasteiger partial charge in [0.2, 0.25) is 0 Å². The predicted octanol–water partition coefficient (Wildman–Crippen LogP) is -0.350. The van der Waals surface area contributed by atoms with Gasteiger partial charge in [0.25, 0.3) is 0 Å². The molecule has 0 saturated heterocycles. The molecule has 1 heterocycles. The third-order valence-electron chi connectivity index (χ3n) is 1.46. The maximum Gasteiger partial charge on any atom is 0.198 e. The van der Waals surface area contributed by atoms with Crippen molar-refractivity contribution in [2.24, 2.45) is 7.05 Å². The van der Waals surface area contributed by atoms with E-state index in [-0.39, 0.29) is 6.61 Å². The van der Waals surface area contributed by atoms with Gasteiger partial charge in [0.05, 0.1) is 29.3 Å². The van der Waals surface area contributed by atoms with Crippen molar-refractivity contribution >= 4 is 10.8 Å². The molecule has 1 N–H and O–H groups in total. The number of imidazole rings is 1. The van der Waals surface area contributed by atoms with Crippen LogP contribution in [0.25, 0.3) is 0 Å². The highest BCUT2D eigenvalue weighted by molar-refractivity contribution is 7.84. The first-order valence-corrected chi connectivity index (χ1v) is 4.67. The Balaban J connectivity index is 3.10. The lowest BCUT2D eigenvalue weighted by Crippen LogP contribution is -2.02. The van der Waals surface area contributed by atoms with Crippen molar-refractivity contribution in [3.05, 3.63) is 11.9 Å². The fourth-order valence-electron chi connectivity index (χ4n) is 0.840. The molecule has 0 aromatic carbocycles. The van der Waals surface area contributed by atoms with E-state index in [1.807, 2.05) is 0 Å². The van der Waals surface area contributed by atoms with Crippen molar-refractivity contribution < 1.29 is 9.32 Å². The molecule has 0 aliphatic carbocycles. The highest BCUT2D eigenvalue weighted by Crippen LogP contribution is 2.05. The molecule has 11 heavy (non-hydrogen) atoms. The zero-order valence-corrected chi connectivity index (χ0v) is 7.26. The second-order valence-corrected chi connectivity index (χ2v) is 3.48. The molecule has 0 aliphatic heterocycles. The van der Waals surface area contributed by atoms with Crippen LogP contribution in [0.4, 0.5) is 0 Å². The minimum atomic E-state index is -1.08. The second kappa shape index (κ2) is 3.15. The van der Waals surface area contributed by atoms with Gasteiger partial charge in [-0.2, -0.15) is 0 Å². The van der Waals surface area contributed by atoms with Crippen LogP contribution in [0.1, 0.15) is 5.69 Å². The first kappa shape index (κ1) is 8.42. The summed E-state index contributed by atoms with van der Waals surface area (Å²) in [7, 11) is 0.651. The molecule has 62 valence electrons. The molecule has 1 atom stereocenters. The first-order valence-electron chi connectivity index (χ1n) is 3.11. The van der Waals surface area contributed by atoms with Crippen LogP contribution >= 0.6 is 0 Å². The summed E-state index contributed by atoms with van der Waals surface area (Å²) >= 11 is 0. The van der Waals surface area contributed by atoms with Crippen LogP contribution in [0.5, 0.6) is 0 Å². The Morgan fingerprint density at radius 3 is 2.73 bits per heavy atom. The Kier molecular flexibility index (Phi) is 2.41. The molecule has 5 heteroatoms. The average Bonchev–Trinajstić information content (AvgIpc) is 2.30. The van der Waals surface area contributed by atoms with E-state index >= 15 is 0 Å². The number of aliphatic hydroxyl groups is 1. The standard InChI is InChI=1S/C6H10N2O2S/c1-8-5(4-9)3-7-6(8)11(2)10/h3,9H,4H2,1-2H3. The maximum atomic E-state index is 10.9. The summed E-state index contributed by atoms with van der Waals surface area (Å²) in [5.74, 6) is 0. The summed E-state index contributed by atoms with van der Waals surface area (Å²) < 4.78 is 12.6. The van der Waals surface area contributed by atoms with E-state index in [9.17, 15) is 4.21 Å². The van der Waals surface area contributed by atoms with Gasteiger partial charge in [0.15, 0.2) is 5.16 Å². The molecule has 1 aromatic heterocycles. The Morgan fingerprint density at radius 2 is 2.45 bits per heavy atom. The third-order valence-corrected chi connectivity index (χ3v) is 2.35. The van der Waals surface area contributed by atoms with E-state index in [1.54, 1.807) is 17.9 Å². The smallest absolute Gasteiger partial charge is 0.198 e. The van der Waals surface area contributed by atoms with Gasteiger partial charge < -0.3 is 9.67 Å². The SMILES string of the molecule is Cn1c(CO)cnc1S(C)=O. The molecule has 0 bridgehead atoms. The Labute approximate surface area is 67.3 Å². The molecule has 1 aromatic rings. The van der Waals surface area contributed by atoms with Crippen molar-refractivity contribution in [1.29, 1.82) is 0 Å². The van der Waals surface area contributed by atoms with Gasteiger partial charge in [-0.3, -0.25) is 4.21 Å². The summed E-state index contributed by atoms with van der Waals surface area (Å²) in [5, 5.41) is 9.25. The monoisotopic (exact) mass is 174 g/mol. The van der Waals surface area contributed by atoms with Gasteiger partial charge in [-0.15, -0.1) is 0 Å². The molecule has 1 rings (SSSR count). The molecule has 0 fully saturated rings. The topological polar surface area (TPSA) is 55.1 Å². The van der Waals surface area contributed by atoms with Crippen molar-refractivity contribution in [3.63, 3.8) is 0 Å². The van der Waals surface area contributed by atoms with Crippen LogP contribution in [-0.2, 0) is 24.5 Å². The molecule has 4 nitrogen and oxygen atoms in total. The quantitative estimate of drug-likeness (QED) is 0.666. The van der Waals surface area contributed by atoms with E-state index < -0.39 is 10.8 Å². The van der Waals surface area contributed by atoms with Gasteiger partial charge >= 0.3 is 0 Å². The van der Waals surface area contributed by atoms with Crippen molar-refractivity contribution in [2.45, 2.75) is 11.8 Å². The lowest BCUT2D eigenvalue weighted by molar-refractivity contribution is 0.271. The van der Waals surface area contributed by atoms with Crippen molar-refractivity contribution in [1.82, 2.24) is 9.55 Å². The van der Waals surface area contributed by atoms with Gasteiger partial charge in [-0.25, -0.2) is 4.98 Å². The molecule has 1 unspecified atom stereocenters. The van der Waals surface area contributed by atoms with Crippen LogP contribution in [-0.4, -0.2) is 25.1 Å². The summed E-state index contributed by atoms with van der Waals surface area (Å²) in [4.78, 5) is 3.89. The van der Waals surface area contributed by atoms with Crippen LogP contribution in [0.3, 0.4) is 0 Å². The minimum Gasteiger partial charge on any atom is -0.390 e. The van der Waals surface area contributed by atoms with E-state index in [4.69, 9.17) is 5.11 Å². The van der Waals surface area contributed by atoms with Crippen LogP contribution in [0.15, 0.2) is 11.4 Å². The van der Waals surface area contributed by atoms with Crippen molar-refractivity contribution in [2.75, 3.05) is 6.26 Å². The van der Waals surface area contributed by atoms with E-state index in [0.29, 0.717) is 10.9 Å². The Hall–Kier alpha value is -0.680. The zero-order valence-electron chi connectivity index (χ0n) is 6.44. The number of aliphatic hydroxyl groups excluding tert-OH is 1.